The van der Waals surface area contributed by atoms with Crippen LogP contribution >= 0.6 is 11.6 Å². The molecule has 2 rings (SSSR count). The number of nitrogens with one attached hydrogen (secondary N) is 1. The van der Waals surface area contributed by atoms with Crippen LogP contribution in [0, 0.1) is 11.6 Å². The van der Waals surface area contributed by atoms with Gasteiger partial charge in [-0.1, -0.05) is 11.6 Å². The predicted molar refractivity (Wildman–Crippen MR) is 61.1 cm³/mol. The molecule has 0 unspecified atom stereocenters. The Bertz CT molecular complexity index is 477. The van der Waals surface area contributed by atoms with Gasteiger partial charge in [-0.25, -0.2) is 8.78 Å². The first-order valence-corrected chi connectivity index (χ1v) is 5.00. The molecular weight excluding hydrogens is 232 g/mol. The molecule has 0 aliphatic rings. The average molecular weight is 240 g/mol. The predicted octanol–water partition coefficient (Wildman–Crippen LogP) is 4.36. The zero-order valence-corrected chi connectivity index (χ0v) is 8.93. The van der Waals surface area contributed by atoms with Gasteiger partial charge >= 0.3 is 0 Å². The summed E-state index contributed by atoms with van der Waals surface area (Å²) in [5, 5.41) is 3.48. The third-order valence-corrected chi connectivity index (χ3v) is 2.25. The fraction of sp³-hybridized carbons (Fsp3) is 0. The van der Waals surface area contributed by atoms with Crippen molar-refractivity contribution in [2.75, 3.05) is 5.32 Å². The van der Waals surface area contributed by atoms with Gasteiger partial charge in [-0.2, -0.15) is 0 Å². The molecule has 0 spiro atoms. The van der Waals surface area contributed by atoms with Gasteiger partial charge in [0.05, 0.1) is 0 Å². The molecule has 1 N–H and O–H groups in total. The second kappa shape index (κ2) is 4.49. The summed E-state index contributed by atoms with van der Waals surface area (Å²) in [4.78, 5) is 0. The van der Waals surface area contributed by atoms with Crippen molar-refractivity contribution in [2.24, 2.45) is 0 Å². The maximum absolute atomic E-state index is 12.9. The van der Waals surface area contributed by atoms with Crippen LogP contribution in [0.25, 0.3) is 0 Å². The lowest BCUT2D eigenvalue weighted by Crippen LogP contribution is -1.92. The van der Waals surface area contributed by atoms with Gasteiger partial charge in [0.15, 0.2) is 0 Å². The molecule has 0 aromatic heterocycles. The van der Waals surface area contributed by atoms with E-state index in [0.717, 1.165) is 11.8 Å². The molecule has 0 heterocycles. The van der Waals surface area contributed by atoms with Crippen molar-refractivity contribution in [3.8, 4) is 0 Å². The number of hydrogen-bond donors (Lipinski definition) is 1. The first-order valence-electron chi connectivity index (χ1n) is 4.62. The van der Waals surface area contributed by atoms with Crippen LogP contribution in [0.1, 0.15) is 0 Å². The van der Waals surface area contributed by atoms with E-state index in [4.69, 9.17) is 11.6 Å². The summed E-state index contributed by atoms with van der Waals surface area (Å²) in [5.74, 6) is -1.23. The molecule has 1 nitrogen and oxygen atoms in total. The van der Waals surface area contributed by atoms with Crippen molar-refractivity contribution in [2.45, 2.75) is 0 Å². The standard InChI is InChI=1S/C12H8ClF2N/c13-8-1-3-11(4-2-8)16-12-6-9(14)5-10(15)7-12/h1-7,16H. The summed E-state index contributed by atoms with van der Waals surface area (Å²) in [6.07, 6.45) is 0. The van der Waals surface area contributed by atoms with Gasteiger partial charge in [0.2, 0.25) is 0 Å². The molecule has 2 aromatic rings. The average Bonchev–Trinajstić information content (AvgIpc) is 2.20. The third-order valence-electron chi connectivity index (χ3n) is 2.00. The number of benzene rings is 2. The quantitative estimate of drug-likeness (QED) is 0.821. The Hall–Kier alpha value is -1.61. The van der Waals surface area contributed by atoms with Crippen LogP contribution in [-0.2, 0) is 0 Å². The molecule has 16 heavy (non-hydrogen) atoms. The maximum atomic E-state index is 12.9. The van der Waals surface area contributed by atoms with Crippen molar-refractivity contribution in [1.29, 1.82) is 0 Å². The zero-order valence-electron chi connectivity index (χ0n) is 8.18. The molecule has 0 aliphatic heterocycles. The van der Waals surface area contributed by atoms with Crippen LogP contribution in [-0.4, -0.2) is 0 Å². The lowest BCUT2D eigenvalue weighted by atomic mass is 10.2. The second-order valence-electron chi connectivity index (χ2n) is 3.29. The van der Waals surface area contributed by atoms with Gasteiger partial charge in [0, 0.05) is 22.5 Å². The van der Waals surface area contributed by atoms with Crippen molar-refractivity contribution in [3.63, 3.8) is 0 Å². The van der Waals surface area contributed by atoms with Crippen molar-refractivity contribution >= 4 is 23.0 Å². The van der Waals surface area contributed by atoms with E-state index in [1.807, 2.05) is 0 Å². The van der Waals surface area contributed by atoms with E-state index in [0.29, 0.717) is 10.7 Å². The SMILES string of the molecule is Fc1cc(F)cc(Nc2ccc(Cl)cc2)c1. The number of halogens is 3. The molecule has 0 fully saturated rings. The molecule has 0 amide bonds. The van der Waals surface area contributed by atoms with Gasteiger partial charge in [-0.15, -0.1) is 0 Å². The minimum absolute atomic E-state index is 0.361. The second-order valence-corrected chi connectivity index (χ2v) is 3.73. The summed E-state index contributed by atoms with van der Waals surface area (Å²) in [6.45, 7) is 0. The fourth-order valence-corrected chi connectivity index (χ4v) is 1.45. The summed E-state index contributed by atoms with van der Waals surface area (Å²) in [5.41, 5.74) is 1.08. The molecule has 0 bridgehead atoms. The van der Waals surface area contributed by atoms with Crippen LogP contribution in [0.4, 0.5) is 20.2 Å². The number of anilines is 2. The van der Waals surface area contributed by atoms with E-state index in [1.54, 1.807) is 24.3 Å². The van der Waals surface area contributed by atoms with Crippen LogP contribution in [0.2, 0.25) is 5.02 Å². The molecule has 0 radical (unpaired) electrons. The molecule has 4 heteroatoms. The maximum Gasteiger partial charge on any atom is 0.128 e. The Balaban J connectivity index is 2.23. The Morgan fingerprint density at radius 2 is 1.38 bits per heavy atom. The van der Waals surface area contributed by atoms with Crippen molar-refractivity contribution in [3.05, 3.63) is 59.1 Å². The Labute approximate surface area is 96.7 Å². The lowest BCUT2D eigenvalue weighted by molar-refractivity contribution is 0.584. The van der Waals surface area contributed by atoms with E-state index in [1.165, 1.54) is 12.1 Å². The van der Waals surface area contributed by atoms with Gasteiger partial charge in [0.1, 0.15) is 11.6 Å². The van der Waals surface area contributed by atoms with Crippen LogP contribution < -0.4 is 5.32 Å². The van der Waals surface area contributed by atoms with Crippen LogP contribution in [0.15, 0.2) is 42.5 Å². The van der Waals surface area contributed by atoms with Gasteiger partial charge in [-0.3, -0.25) is 0 Å². The summed E-state index contributed by atoms with van der Waals surface area (Å²) in [6, 6.07) is 10.1. The number of hydrogen-bond acceptors (Lipinski definition) is 1. The summed E-state index contributed by atoms with van der Waals surface area (Å²) >= 11 is 5.72. The Morgan fingerprint density at radius 1 is 0.812 bits per heavy atom. The number of rotatable bonds is 2. The molecule has 0 saturated carbocycles. The van der Waals surface area contributed by atoms with Crippen LogP contribution in [0.5, 0.6) is 0 Å². The van der Waals surface area contributed by atoms with Crippen molar-refractivity contribution < 1.29 is 8.78 Å². The highest BCUT2D eigenvalue weighted by Crippen LogP contribution is 2.20. The van der Waals surface area contributed by atoms with Crippen LogP contribution in [0.3, 0.4) is 0 Å². The third kappa shape index (κ3) is 2.70. The first kappa shape index (κ1) is 10.9. The molecular formula is C12H8ClF2N. The normalized spacial score (nSPS) is 10.2. The molecule has 0 saturated heterocycles. The highest BCUT2D eigenvalue weighted by atomic mass is 35.5. The van der Waals surface area contributed by atoms with E-state index >= 15 is 0 Å². The first-order chi connectivity index (χ1) is 7.63. The minimum Gasteiger partial charge on any atom is -0.355 e. The highest BCUT2D eigenvalue weighted by molar-refractivity contribution is 6.30. The molecule has 82 valence electrons. The lowest BCUT2D eigenvalue weighted by Gasteiger charge is -2.06. The van der Waals surface area contributed by atoms with E-state index < -0.39 is 11.6 Å². The van der Waals surface area contributed by atoms with Gasteiger partial charge in [0.25, 0.3) is 0 Å². The highest BCUT2D eigenvalue weighted by Gasteiger charge is 2.00. The topological polar surface area (TPSA) is 12.0 Å². The Kier molecular flexibility index (Phi) is 3.06. The van der Waals surface area contributed by atoms with E-state index in [2.05, 4.69) is 5.32 Å². The summed E-state index contributed by atoms with van der Waals surface area (Å²) < 4.78 is 25.8. The largest absolute Gasteiger partial charge is 0.355 e. The monoisotopic (exact) mass is 239 g/mol. The minimum atomic E-state index is -0.614. The van der Waals surface area contributed by atoms with Crippen molar-refractivity contribution in [1.82, 2.24) is 0 Å². The molecule has 0 atom stereocenters. The smallest absolute Gasteiger partial charge is 0.128 e. The zero-order chi connectivity index (χ0) is 11.5. The molecule has 2 aromatic carbocycles. The summed E-state index contributed by atoms with van der Waals surface area (Å²) in [7, 11) is 0. The van der Waals surface area contributed by atoms with Gasteiger partial charge in [-0.05, 0) is 36.4 Å². The van der Waals surface area contributed by atoms with E-state index in [-0.39, 0.29) is 0 Å². The molecule has 0 aliphatic carbocycles. The Morgan fingerprint density at radius 3 is 1.94 bits per heavy atom. The van der Waals surface area contributed by atoms with Gasteiger partial charge < -0.3 is 5.32 Å². The van der Waals surface area contributed by atoms with E-state index in [9.17, 15) is 8.78 Å². The fourth-order valence-electron chi connectivity index (χ4n) is 1.33.